The topological polar surface area (TPSA) is 95.7 Å². The van der Waals surface area contributed by atoms with Crippen molar-refractivity contribution in [3.05, 3.63) is 71.3 Å². The van der Waals surface area contributed by atoms with Crippen molar-refractivity contribution in [2.75, 3.05) is 19.6 Å². The van der Waals surface area contributed by atoms with E-state index in [0.29, 0.717) is 18.7 Å². The summed E-state index contributed by atoms with van der Waals surface area (Å²) in [6.07, 6.45) is 0. The summed E-state index contributed by atoms with van der Waals surface area (Å²) in [6, 6.07) is 16.6. The van der Waals surface area contributed by atoms with Crippen LogP contribution in [0, 0.1) is 0 Å². The van der Waals surface area contributed by atoms with Crippen molar-refractivity contribution >= 4 is 17.8 Å². The van der Waals surface area contributed by atoms with Gasteiger partial charge in [-0.2, -0.15) is 0 Å². The molecule has 0 saturated carbocycles. The molecule has 2 heterocycles. The summed E-state index contributed by atoms with van der Waals surface area (Å²) in [4.78, 5) is 39.1. The molecule has 0 aliphatic carbocycles. The average molecular weight is 378 g/mol. The zero-order valence-electron chi connectivity index (χ0n) is 15.4. The molecule has 4 rings (SSSR count). The van der Waals surface area contributed by atoms with Crippen LogP contribution >= 0.6 is 0 Å². The van der Waals surface area contributed by atoms with Crippen LogP contribution in [0.3, 0.4) is 0 Å². The van der Waals surface area contributed by atoms with Crippen molar-refractivity contribution in [2.24, 2.45) is 5.73 Å². The van der Waals surface area contributed by atoms with Crippen molar-refractivity contribution < 1.29 is 14.4 Å². The van der Waals surface area contributed by atoms with E-state index >= 15 is 0 Å². The first-order chi connectivity index (χ1) is 13.5. The number of imide groups is 1. The highest BCUT2D eigenvalue weighted by atomic mass is 16.2. The molecule has 2 aliphatic rings. The maximum atomic E-state index is 12.9. The lowest BCUT2D eigenvalue weighted by molar-refractivity contribution is -0.125. The number of likely N-dealkylation sites (tertiary alicyclic amines) is 1. The predicted octanol–water partition coefficient (Wildman–Crippen LogP) is 1.31. The van der Waals surface area contributed by atoms with Crippen LogP contribution in [0.25, 0.3) is 0 Å². The molecule has 144 valence electrons. The van der Waals surface area contributed by atoms with E-state index in [1.165, 1.54) is 4.90 Å². The van der Waals surface area contributed by atoms with Gasteiger partial charge < -0.3 is 16.0 Å². The van der Waals surface area contributed by atoms with Crippen LogP contribution in [0.4, 0.5) is 4.79 Å². The Morgan fingerprint density at radius 1 is 1.04 bits per heavy atom. The highest BCUT2D eigenvalue weighted by Gasteiger charge is 2.34. The third kappa shape index (κ3) is 3.48. The molecule has 2 aromatic carbocycles. The number of carbonyl (C=O) groups excluding carboxylic acids is 3. The summed E-state index contributed by atoms with van der Waals surface area (Å²) in [5.41, 5.74) is 8.80. The zero-order valence-corrected chi connectivity index (χ0v) is 15.4. The molecule has 0 spiro atoms. The summed E-state index contributed by atoms with van der Waals surface area (Å²) in [6.45, 7) is 1.34. The molecular formula is C21H22N4O3. The van der Waals surface area contributed by atoms with E-state index in [-0.39, 0.29) is 42.9 Å². The summed E-state index contributed by atoms with van der Waals surface area (Å²) >= 11 is 0. The van der Waals surface area contributed by atoms with Gasteiger partial charge in [-0.25, -0.2) is 4.79 Å². The van der Waals surface area contributed by atoms with Gasteiger partial charge in [0, 0.05) is 30.6 Å². The Bertz CT molecular complexity index is 882. The van der Waals surface area contributed by atoms with Crippen molar-refractivity contribution in [3.63, 3.8) is 0 Å². The molecule has 3 N–H and O–H groups in total. The summed E-state index contributed by atoms with van der Waals surface area (Å²) < 4.78 is 0. The minimum Gasteiger partial charge on any atom is -0.336 e. The number of urea groups is 1. The number of rotatable bonds is 4. The molecule has 2 saturated heterocycles. The van der Waals surface area contributed by atoms with Gasteiger partial charge in [0.2, 0.25) is 5.91 Å². The van der Waals surface area contributed by atoms with E-state index in [1.807, 2.05) is 30.3 Å². The Morgan fingerprint density at radius 3 is 2.39 bits per heavy atom. The number of benzene rings is 2. The molecule has 2 aromatic rings. The first kappa shape index (κ1) is 18.2. The number of hydrogen-bond acceptors (Lipinski definition) is 4. The van der Waals surface area contributed by atoms with Gasteiger partial charge in [0.05, 0.1) is 13.1 Å². The van der Waals surface area contributed by atoms with Crippen LogP contribution in [-0.4, -0.2) is 53.3 Å². The second-order valence-corrected chi connectivity index (χ2v) is 7.23. The standard InChI is InChI=1S/C21H22N4O3/c22-18-13-24(12-17(18)15-4-2-1-3-5-15)20(27)16-8-6-14(7-9-16)11-25-19(26)10-23-21(25)28/h1-9,17-18H,10-13,22H2,(H,23,28)/t17-,18+/m0/s1. The fourth-order valence-electron chi connectivity index (χ4n) is 3.78. The molecule has 0 radical (unpaired) electrons. The van der Waals surface area contributed by atoms with Crippen LogP contribution in [-0.2, 0) is 11.3 Å². The lowest BCUT2D eigenvalue weighted by Crippen LogP contribution is -2.32. The first-order valence-electron chi connectivity index (χ1n) is 9.30. The Hall–Kier alpha value is -3.19. The largest absolute Gasteiger partial charge is 0.336 e. The normalized spacial score (nSPS) is 21.9. The molecule has 2 fully saturated rings. The molecule has 0 bridgehead atoms. The number of nitrogens with two attached hydrogens (primary N) is 1. The Morgan fingerprint density at radius 2 is 1.75 bits per heavy atom. The Kier molecular flexibility index (Phi) is 4.83. The first-order valence-corrected chi connectivity index (χ1v) is 9.30. The van der Waals surface area contributed by atoms with Crippen molar-refractivity contribution in [3.8, 4) is 0 Å². The lowest BCUT2D eigenvalue weighted by Gasteiger charge is -2.17. The molecule has 2 atom stereocenters. The zero-order chi connectivity index (χ0) is 19.7. The third-order valence-electron chi connectivity index (χ3n) is 5.36. The second kappa shape index (κ2) is 7.44. The number of hydrogen-bond donors (Lipinski definition) is 2. The highest BCUT2D eigenvalue weighted by molar-refractivity contribution is 6.01. The van der Waals surface area contributed by atoms with E-state index in [9.17, 15) is 14.4 Å². The third-order valence-corrected chi connectivity index (χ3v) is 5.36. The average Bonchev–Trinajstić information content (AvgIpc) is 3.26. The molecule has 0 aromatic heterocycles. The maximum absolute atomic E-state index is 12.9. The molecule has 2 aliphatic heterocycles. The van der Waals surface area contributed by atoms with Gasteiger partial charge in [0.15, 0.2) is 0 Å². The number of carbonyl (C=O) groups is 3. The van der Waals surface area contributed by atoms with Crippen LogP contribution in [0.5, 0.6) is 0 Å². The van der Waals surface area contributed by atoms with E-state index in [0.717, 1.165) is 11.1 Å². The molecule has 0 unspecified atom stereocenters. The van der Waals surface area contributed by atoms with Gasteiger partial charge in [0.25, 0.3) is 5.91 Å². The van der Waals surface area contributed by atoms with Gasteiger partial charge in [-0.3, -0.25) is 14.5 Å². The van der Waals surface area contributed by atoms with E-state index in [1.54, 1.807) is 29.2 Å². The van der Waals surface area contributed by atoms with Crippen molar-refractivity contribution in [2.45, 2.75) is 18.5 Å². The number of nitrogens with one attached hydrogen (secondary N) is 1. The van der Waals surface area contributed by atoms with Gasteiger partial charge in [-0.1, -0.05) is 42.5 Å². The van der Waals surface area contributed by atoms with Crippen LogP contribution in [0.2, 0.25) is 0 Å². The Labute approximate surface area is 163 Å². The minimum absolute atomic E-state index is 0.0349. The molecular weight excluding hydrogens is 356 g/mol. The molecule has 4 amide bonds. The van der Waals surface area contributed by atoms with Gasteiger partial charge in [-0.05, 0) is 23.3 Å². The van der Waals surface area contributed by atoms with E-state index < -0.39 is 0 Å². The maximum Gasteiger partial charge on any atom is 0.324 e. The van der Waals surface area contributed by atoms with Crippen molar-refractivity contribution in [1.82, 2.24) is 15.1 Å². The van der Waals surface area contributed by atoms with Crippen LogP contribution in [0.1, 0.15) is 27.4 Å². The second-order valence-electron chi connectivity index (χ2n) is 7.23. The predicted molar refractivity (Wildman–Crippen MR) is 103 cm³/mol. The van der Waals surface area contributed by atoms with Gasteiger partial charge in [-0.15, -0.1) is 0 Å². The van der Waals surface area contributed by atoms with Crippen LogP contribution in [0.15, 0.2) is 54.6 Å². The minimum atomic E-state index is -0.386. The summed E-state index contributed by atoms with van der Waals surface area (Å²) in [7, 11) is 0. The lowest BCUT2D eigenvalue weighted by atomic mass is 9.95. The Balaban J connectivity index is 1.42. The fourth-order valence-corrected chi connectivity index (χ4v) is 3.78. The van der Waals surface area contributed by atoms with E-state index in [2.05, 4.69) is 5.32 Å². The van der Waals surface area contributed by atoms with Crippen LogP contribution < -0.4 is 11.1 Å². The fraction of sp³-hybridized carbons (Fsp3) is 0.286. The summed E-state index contributed by atoms with van der Waals surface area (Å²) in [5, 5.41) is 2.49. The monoisotopic (exact) mass is 378 g/mol. The summed E-state index contributed by atoms with van der Waals surface area (Å²) in [5.74, 6) is -0.178. The highest BCUT2D eigenvalue weighted by Crippen LogP contribution is 2.27. The van der Waals surface area contributed by atoms with Crippen molar-refractivity contribution in [1.29, 1.82) is 0 Å². The molecule has 28 heavy (non-hydrogen) atoms. The quantitative estimate of drug-likeness (QED) is 0.784. The van der Waals surface area contributed by atoms with E-state index in [4.69, 9.17) is 5.73 Å². The molecule has 7 nitrogen and oxygen atoms in total. The number of amides is 4. The number of nitrogens with zero attached hydrogens (tertiary/aromatic N) is 2. The smallest absolute Gasteiger partial charge is 0.324 e. The SMILES string of the molecule is N[C@@H]1CN(C(=O)c2ccc(CN3C(=O)CNC3=O)cc2)C[C@H]1c1ccccc1. The molecule has 7 heteroatoms. The van der Waals surface area contributed by atoms with Gasteiger partial charge >= 0.3 is 6.03 Å². The van der Waals surface area contributed by atoms with Gasteiger partial charge in [0.1, 0.15) is 0 Å².